The van der Waals surface area contributed by atoms with Gasteiger partial charge in [0.15, 0.2) is 18.7 Å². The van der Waals surface area contributed by atoms with Crippen LogP contribution in [-0.2, 0) is 33.3 Å². The van der Waals surface area contributed by atoms with E-state index in [0.717, 1.165) is 18.4 Å². The smallest absolute Gasteiger partial charge is 0.303 e. The van der Waals surface area contributed by atoms with Gasteiger partial charge in [-0.15, -0.1) is 0 Å². The van der Waals surface area contributed by atoms with Crippen molar-refractivity contribution < 1.29 is 33.3 Å². The van der Waals surface area contributed by atoms with Crippen molar-refractivity contribution in [3.05, 3.63) is 35.9 Å². The average molecular weight is 464 g/mol. The molecule has 0 aromatic heterocycles. The Hall–Kier alpha value is -2.00. The molecule has 1 amide bonds. The first-order valence-corrected chi connectivity index (χ1v) is 12.0. The number of carbonyl (C=O) groups excluding carboxylic acids is 2. The Morgan fingerprint density at radius 1 is 1.03 bits per heavy atom. The highest BCUT2D eigenvalue weighted by Gasteiger charge is 2.52. The first-order valence-electron chi connectivity index (χ1n) is 12.0. The Morgan fingerprint density at radius 3 is 2.45 bits per heavy atom. The largest absolute Gasteiger partial charge is 0.457 e. The molecule has 2 heterocycles. The molecule has 0 bridgehead atoms. The number of unbranched alkanes of at least 4 members (excludes halogenated alkanes) is 5. The Labute approximate surface area is 196 Å². The molecule has 2 fully saturated rings. The minimum absolute atomic E-state index is 0.256. The predicted molar refractivity (Wildman–Crippen MR) is 121 cm³/mol. The average Bonchev–Trinajstić information content (AvgIpc) is 2.80. The van der Waals surface area contributed by atoms with Crippen LogP contribution in [0.5, 0.6) is 0 Å². The monoisotopic (exact) mass is 463 g/mol. The second-order valence-electron chi connectivity index (χ2n) is 8.66. The maximum Gasteiger partial charge on any atom is 0.303 e. The van der Waals surface area contributed by atoms with Crippen LogP contribution >= 0.6 is 0 Å². The SMILES string of the molecule is CCCCCCCCO[C@H]1O[C@@H]2COC(c3ccccc3)O[C@H]2[C@H](OC(C)=O)[C@H]1NC(C)=O. The predicted octanol–water partition coefficient (Wildman–Crippen LogP) is 3.64. The van der Waals surface area contributed by atoms with Gasteiger partial charge in [0.05, 0.1) is 6.61 Å². The Balaban J connectivity index is 1.69. The number of benzene rings is 1. The van der Waals surface area contributed by atoms with Gasteiger partial charge in [-0.2, -0.15) is 0 Å². The molecule has 1 N–H and O–H groups in total. The van der Waals surface area contributed by atoms with Gasteiger partial charge < -0.3 is 29.0 Å². The fraction of sp³-hybridized carbons (Fsp3) is 0.680. The normalized spacial score (nSPS) is 29.2. The Bertz CT molecular complexity index is 744. The van der Waals surface area contributed by atoms with Crippen molar-refractivity contribution in [3.63, 3.8) is 0 Å². The lowest BCUT2D eigenvalue weighted by atomic mass is 9.95. The van der Waals surface area contributed by atoms with Crippen LogP contribution in [0.25, 0.3) is 0 Å². The summed E-state index contributed by atoms with van der Waals surface area (Å²) in [4.78, 5) is 23.9. The van der Waals surface area contributed by atoms with Crippen LogP contribution in [0.4, 0.5) is 0 Å². The van der Waals surface area contributed by atoms with Crippen LogP contribution in [0.15, 0.2) is 30.3 Å². The molecule has 0 radical (unpaired) electrons. The third kappa shape index (κ3) is 7.50. The fourth-order valence-corrected chi connectivity index (χ4v) is 4.30. The molecule has 3 rings (SSSR count). The number of nitrogens with one attached hydrogen (secondary N) is 1. The van der Waals surface area contributed by atoms with Crippen LogP contribution in [0.2, 0.25) is 0 Å². The van der Waals surface area contributed by atoms with E-state index in [0.29, 0.717) is 6.61 Å². The van der Waals surface area contributed by atoms with Crippen molar-refractivity contribution in [1.29, 1.82) is 0 Å². The van der Waals surface area contributed by atoms with Crippen LogP contribution < -0.4 is 5.32 Å². The summed E-state index contributed by atoms with van der Waals surface area (Å²) in [6.07, 6.45) is 3.55. The molecule has 8 nitrogen and oxygen atoms in total. The highest BCUT2D eigenvalue weighted by molar-refractivity contribution is 5.73. The summed E-state index contributed by atoms with van der Waals surface area (Å²) < 4.78 is 30.0. The zero-order valence-electron chi connectivity index (χ0n) is 19.9. The van der Waals surface area contributed by atoms with E-state index in [1.165, 1.54) is 39.5 Å². The second kappa shape index (κ2) is 13.0. The highest BCUT2D eigenvalue weighted by atomic mass is 16.8. The minimum Gasteiger partial charge on any atom is -0.457 e. The van der Waals surface area contributed by atoms with Crippen molar-refractivity contribution in [1.82, 2.24) is 5.32 Å². The second-order valence-corrected chi connectivity index (χ2v) is 8.66. The summed E-state index contributed by atoms with van der Waals surface area (Å²) in [6, 6.07) is 8.85. The zero-order chi connectivity index (χ0) is 23.6. The number of hydrogen-bond acceptors (Lipinski definition) is 7. The quantitative estimate of drug-likeness (QED) is 0.396. The van der Waals surface area contributed by atoms with Gasteiger partial charge in [0.2, 0.25) is 5.91 Å². The fourth-order valence-electron chi connectivity index (χ4n) is 4.30. The van der Waals surface area contributed by atoms with E-state index >= 15 is 0 Å². The van der Waals surface area contributed by atoms with Gasteiger partial charge in [-0.05, 0) is 6.42 Å². The summed E-state index contributed by atoms with van der Waals surface area (Å²) in [5.74, 6) is -0.726. The van der Waals surface area contributed by atoms with Crippen molar-refractivity contribution in [2.24, 2.45) is 0 Å². The molecule has 6 atom stereocenters. The number of fused-ring (bicyclic) bond motifs is 1. The van der Waals surface area contributed by atoms with Gasteiger partial charge in [0.25, 0.3) is 0 Å². The molecule has 0 saturated carbocycles. The van der Waals surface area contributed by atoms with Gasteiger partial charge in [0, 0.05) is 26.0 Å². The molecule has 0 spiro atoms. The Kier molecular flexibility index (Phi) is 10.1. The zero-order valence-corrected chi connectivity index (χ0v) is 19.9. The van der Waals surface area contributed by atoms with Crippen LogP contribution in [0.3, 0.4) is 0 Å². The lowest BCUT2D eigenvalue weighted by molar-refractivity contribution is -0.344. The molecular formula is C25H37NO7. The number of amides is 1. The number of esters is 1. The molecule has 1 aromatic rings. The van der Waals surface area contributed by atoms with E-state index in [2.05, 4.69) is 12.2 Å². The standard InChI is InChI=1S/C25H37NO7/c1-4-5-6-7-8-12-15-29-25-21(26-17(2)27)23(31-18(3)28)22-20(32-25)16-30-24(33-22)19-13-10-9-11-14-19/h9-11,13-14,20-25H,4-8,12,15-16H2,1-3H3,(H,26,27)/t20-,21-,22-,23-,24?,25+/m1/s1. The molecule has 2 aliphatic heterocycles. The topological polar surface area (TPSA) is 92.3 Å². The molecule has 1 unspecified atom stereocenters. The van der Waals surface area contributed by atoms with E-state index in [4.69, 9.17) is 23.7 Å². The molecule has 2 saturated heterocycles. The van der Waals surface area contributed by atoms with Crippen molar-refractivity contribution >= 4 is 11.9 Å². The van der Waals surface area contributed by atoms with E-state index in [1.807, 2.05) is 30.3 Å². The number of rotatable bonds is 11. The maximum atomic E-state index is 12.0. The first-order chi connectivity index (χ1) is 16.0. The number of carbonyl (C=O) groups is 2. The molecule has 1 aromatic carbocycles. The number of hydrogen-bond donors (Lipinski definition) is 1. The molecule has 8 heteroatoms. The summed E-state index contributed by atoms with van der Waals surface area (Å²) >= 11 is 0. The lowest BCUT2D eigenvalue weighted by Crippen LogP contribution is -2.67. The van der Waals surface area contributed by atoms with Crippen LogP contribution in [0, 0.1) is 0 Å². The minimum atomic E-state index is -0.769. The number of ether oxygens (including phenoxy) is 5. The third-order valence-corrected chi connectivity index (χ3v) is 5.86. The summed E-state index contributed by atoms with van der Waals surface area (Å²) in [5, 5.41) is 2.86. The first kappa shape index (κ1) is 25.6. The van der Waals surface area contributed by atoms with Gasteiger partial charge in [0.1, 0.15) is 18.2 Å². The van der Waals surface area contributed by atoms with Crippen molar-refractivity contribution in [2.45, 2.75) is 96.2 Å². The summed E-state index contributed by atoms with van der Waals surface area (Å²) in [7, 11) is 0. The van der Waals surface area contributed by atoms with E-state index < -0.39 is 42.9 Å². The van der Waals surface area contributed by atoms with Gasteiger partial charge in [-0.25, -0.2) is 0 Å². The molecule has 33 heavy (non-hydrogen) atoms. The molecular weight excluding hydrogens is 426 g/mol. The summed E-state index contributed by atoms with van der Waals surface area (Å²) in [6.45, 7) is 5.70. The molecule has 2 aliphatic rings. The van der Waals surface area contributed by atoms with Gasteiger partial charge in [-0.3, -0.25) is 9.59 Å². The van der Waals surface area contributed by atoms with Crippen LogP contribution in [-0.4, -0.2) is 55.7 Å². The van der Waals surface area contributed by atoms with E-state index in [9.17, 15) is 9.59 Å². The lowest BCUT2D eigenvalue weighted by Gasteiger charge is -2.48. The summed E-state index contributed by atoms with van der Waals surface area (Å²) in [5.41, 5.74) is 0.857. The van der Waals surface area contributed by atoms with E-state index in [-0.39, 0.29) is 12.5 Å². The molecule has 184 valence electrons. The highest BCUT2D eigenvalue weighted by Crippen LogP contribution is 2.35. The Morgan fingerprint density at radius 2 is 1.76 bits per heavy atom. The third-order valence-electron chi connectivity index (χ3n) is 5.86. The maximum absolute atomic E-state index is 12.0. The van der Waals surface area contributed by atoms with Crippen LogP contribution in [0.1, 0.15) is 71.1 Å². The van der Waals surface area contributed by atoms with Crippen molar-refractivity contribution in [3.8, 4) is 0 Å². The van der Waals surface area contributed by atoms with Crippen molar-refractivity contribution in [2.75, 3.05) is 13.2 Å². The van der Waals surface area contributed by atoms with E-state index in [1.54, 1.807) is 0 Å². The van der Waals surface area contributed by atoms with Gasteiger partial charge in [-0.1, -0.05) is 69.4 Å². The molecule has 0 aliphatic carbocycles. The van der Waals surface area contributed by atoms with Gasteiger partial charge >= 0.3 is 5.97 Å².